The van der Waals surface area contributed by atoms with Crippen molar-refractivity contribution in [2.75, 3.05) is 0 Å². The molecule has 0 amide bonds. The maximum absolute atomic E-state index is 9.62. The molecule has 0 aromatic heterocycles. The molecule has 0 aromatic carbocycles. The smallest absolute Gasteiger partial charge is 0.356 e. The number of carboxylic acid groups (broad SMARTS) is 2. The molecular formula is C4H5Cl3O4. The fraction of sp³-hybridized carbons (Fsp3) is 0.500. The Kier molecular flexibility index (Phi) is 6.65. The number of hydrogen-bond acceptors (Lipinski definition) is 2. The van der Waals surface area contributed by atoms with Crippen molar-refractivity contribution in [2.24, 2.45) is 0 Å². The van der Waals surface area contributed by atoms with E-state index >= 15 is 0 Å². The third-order valence-corrected chi connectivity index (χ3v) is 0.728. The first-order valence-corrected chi connectivity index (χ1v) is 3.31. The van der Waals surface area contributed by atoms with Crippen LogP contribution in [0.1, 0.15) is 6.92 Å². The Balaban J connectivity index is 0. The van der Waals surface area contributed by atoms with Crippen molar-refractivity contribution in [3.05, 3.63) is 0 Å². The minimum Gasteiger partial charge on any atom is -0.481 e. The van der Waals surface area contributed by atoms with Crippen LogP contribution in [-0.4, -0.2) is 25.9 Å². The number of halogens is 3. The SMILES string of the molecule is CC(=O)O.O=C(O)C(Cl)(Cl)Cl. The number of carboxylic acids is 2. The summed E-state index contributed by atoms with van der Waals surface area (Å²) in [7, 11) is 0. The van der Waals surface area contributed by atoms with Gasteiger partial charge in [0.15, 0.2) is 0 Å². The largest absolute Gasteiger partial charge is 0.481 e. The summed E-state index contributed by atoms with van der Waals surface area (Å²) in [6.07, 6.45) is 0. The van der Waals surface area contributed by atoms with Crippen LogP contribution in [0.3, 0.4) is 0 Å². The highest BCUT2D eigenvalue weighted by Crippen LogP contribution is 2.25. The van der Waals surface area contributed by atoms with Gasteiger partial charge in [-0.05, 0) is 0 Å². The molecule has 0 aliphatic carbocycles. The summed E-state index contributed by atoms with van der Waals surface area (Å²) in [5.41, 5.74) is 0. The average molecular weight is 223 g/mol. The highest BCUT2D eigenvalue weighted by Gasteiger charge is 2.29. The van der Waals surface area contributed by atoms with Crippen LogP contribution in [-0.2, 0) is 9.59 Å². The second-order valence-corrected chi connectivity index (χ2v) is 3.60. The van der Waals surface area contributed by atoms with E-state index in [2.05, 4.69) is 0 Å². The summed E-state index contributed by atoms with van der Waals surface area (Å²) in [5, 5.41) is 15.3. The molecule has 66 valence electrons. The molecule has 0 spiro atoms. The van der Waals surface area contributed by atoms with E-state index in [9.17, 15) is 4.79 Å². The third kappa shape index (κ3) is 17.7. The van der Waals surface area contributed by atoms with E-state index in [1.807, 2.05) is 0 Å². The maximum atomic E-state index is 9.62. The number of alkyl halides is 3. The second kappa shape index (κ2) is 5.46. The van der Waals surface area contributed by atoms with Gasteiger partial charge in [-0.3, -0.25) is 4.79 Å². The number of rotatable bonds is 0. The summed E-state index contributed by atoms with van der Waals surface area (Å²) in [6, 6.07) is 0. The minimum absolute atomic E-state index is 0.833. The standard InChI is InChI=1S/C2HCl3O2.C2H4O2/c3-2(4,5)1(6)7;1-2(3)4/h(H,6,7);1H3,(H,3,4). The van der Waals surface area contributed by atoms with Gasteiger partial charge in [0.2, 0.25) is 0 Å². The first-order chi connectivity index (χ1) is 4.68. The van der Waals surface area contributed by atoms with E-state index in [1.165, 1.54) is 0 Å². The second-order valence-electron chi connectivity index (χ2n) is 1.32. The average Bonchev–Trinajstić information content (AvgIpc) is 1.59. The molecule has 0 bridgehead atoms. The molecule has 7 heteroatoms. The predicted octanol–water partition coefficient (Wildman–Crippen LogP) is 1.53. The van der Waals surface area contributed by atoms with Crippen molar-refractivity contribution < 1.29 is 19.8 Å². The van der Waals surface area contributed by atoms with E-state index in [0.717, 1.165) is 6.92 Å². The summed E-state index contributed by atoms with van der Waals surface area (Å²) in [5.74, 6) is -2.29. The zero-order chi connectivity index (χ0) is 9.65. The third-order valence-electron chi connectivity index (χ3n) is 0.243. The highest BCUT2D eigenvalue weighted by atomic mass is 35.6. The minimum atomic E-state index is -2.17. The molecule has 2 N–H and O–H groups in total. The molecule has 0 aliphatic heterocycles. The van der Waals surface area contributed by atoms with E-state index < -0.39 is 15.7 Å². The lowest BCUT2D eigenvalue weighted by atomic mass is 10.8. The topological polar surface area (TPSA) is 74.6 Å². The molecule has 4 nitrogen and oxygen atoms in total. The van der Waals surface area contributed by atoms with Gasteiger partial charge in [0.25, 0.3) is 9.76 Å². The summed E-state index contributed by atoms with van der Waals surface area (Å²) >= 11 is 14.4. The Morgan fingerprint density at radius 1 is 1.18 bits per heavy atom. The Bertz CT molecular complexity index is 146. The fourth-order valence-corrected chi connectivity index (χ4v) is 0. The van der Waals surface area contributed by atoms with Crippen molar-refractivity contribution in [1.82, 2.24) is 0 Å². The lowest BCUT2D eigenvalue weighted by Gasteiger charge is -1.99. The summed E-state index contributed by atoms with van der Waals surface area (Å²) in [6.45, 7) is 1.08. The van der Waals surface area contributed by atoms with E-state index in [-0.39, 0.29) is 0 Å². The van der Waals surface area contributed by atoms with Crippen molar-refractivity contribution in [1.29, 1.82) is 0 Å². The van der Waals surface area contributed by atoms with Crippen LogP contribution in [0.5, 0.6) is 0 Å². The molecule has 0 saturated heterocycles. The van der Waals surface area contributed by atoms with Gasteiger partial charge in [-0.1, -0.05) is 34.8 Å². The Labute approximate surface area is 77.7 Å². The number of hydrogen-bond donors (Lipinski definition) is 2. The zero-order valence-corrected chi connectivity index (χ0v) is 7.61. The Morgan fingerprint density at radius 3 is 1.27 bits per heavy atom. The van der Waals surface area contributed by atoms with Crippen LogP contribution < -0.4 is 0 Å². The summed E-state index contributed by atoms with van der Waals surface area (Å²) in [4.78, 5) is 18.6. The zero-order valence-electron chi connectivity index (χ0n) is 5.34. The molecule has 0 saturated carbocycles. The first kappa shape index (κ1) is 13.4. The molecule has 0 unspecified atom stereocenters. The van der Waals surface area contributed by atoms with Gasteiger partial charge in [0.05, 0.1) is 0 Å². The molecule has 0 atom stereocenters. The van der Waals surface area contributed by atoms with Crippen LogP contribution in [0, 0.1) is 0 Å². The fourth-order valence-electron chi connectivity index (χ4n) is 0. The van der Waals surface area contributed by atoms with Crippen LogP contribution in [0.4, 0.5) is 0 Å². The van der Waals surface area contributed by atoms with Gasteiger partial charge < -0.3 is 10.2 Å². The Hall–Kier alpha value is -0.190. The molecule has 11 heavy (non-hydrogen) atoms. The van der Waals surface area contributed by atoms with Crippen molar-refractivity contribution in [3.8, 4) is 0 Å². The summed E-state index contributed by atoms with van der Waals surface area (Å²) < 4.78 is -2.17. The molecule has 0 heterocycles. The number of carbonyl (C=O) groups is 2. The predicted molar refractivity (Wildman–Crippen MR) is 41.2 cm³/mol. The molecule has 0 aliphatic rings. The normalized spacial score (nSPS) is 9.45. The van der Waals surface area contributed by atoms with E-state index in [4.69, 9.17) is 49.8 Å². The van der Waals surface area contributed by atoms with Gasteiger partial charge in [-0.2, -0.15) is 0 Å². The van der Waals surface area contributed by atoms with E-state index in [0.29, 0.717) is 0 Å². The van der Waals surface area contributed by atoms with Crippen molar-refractivity contribution >= 4 is 46.7 Å². The molecule has 0 radical (unpaired) electrons. The molecule has 0 fully saturated rings. The lowest BCUT2D eigenvalue weighted by molar-refractivity contribution is -0.136. The Morgan fingerprint density at radius 2 is 1.27 bits per heavy atom. The van der Waals surface area contributed by atoms with Gasteiger partial charge in [-0.25, -0.2) is 4.79 Å². The quantitative estimate of drug-likeness (QED) is 0.611. The van der Waals surface area contributed by atoms with Gasteiger partial charge in [-0.15, -0.1) is 0 Å². The molecule has 0 aromatic rings. The molecule has 0 rings (SSSR count). The van der Waals surface area contributed by atoms with Gasteiger partial charge in [0.1, 0.15) is 0 Å². The van der Waals surface area contributed by atoms with Crippen LogP contribution >= 0.6 is 34.8 Å². The maximum Gasteiger partial charge on any atom is 0.356 e. The van der Waals surface area contributed by atoms with E-state index in [1.54, 1.807) is 0 Å². The van der Waals surface area contributed by atoms with Crippen molar-refractivity contribution in [3.63, 3.8) is 0 Å². The first-order valence-electron chi connectivity index (χ1n) is 2.17. The molecular weight excluding hydrogens is 218 g/mol. The highest BCUT2D eigenvalue weighted by molar-refractivity contribution is 6.75. The van der Waals surface area contributed by atoms with Crippen LogP contribution in [0.2, 0.25) is 0 Å². The monoisotopic (exact) mass is 222 g/mol. The van der Waals surface area contributed by atoms with Crippen LogP contribution in [0.15, 0.2) is 0 Å². The van der Waals surface area contributed by atoms with Crippen molar-refractivity contribution in [2.45, 2.75) is 10.7 Å². The van der Waals surface area contributed by atoms with Crippen LogP contribution in [0.25, 0.3) is 0 Å². The number of aliphatic carboxylic acids is 2. The van der Waals surface area contributed by atoms with Gasteiger partial charge in [0, 0.05) is 6.92 Å². The lowest BCUT2D eigenvalue weighted by Crippen LogP contribution is -2.16. The van der Waals surface area contributed by atoms with Gasteiger partial charge >= 0.3 is 5.97 Å².